The van der Waals surface area contributed by atoms with Crippen molar-refractivity contribution in [2.75, 3.05) is 13.1 Å². The molecule has 0 aliphatic rings. The first-order valence-corrected chi connectivity index (χ1v) is 10.1. The quantitative estimate of drug-likeness (QED) is 0.454. The number of carbonyl (C=O) groups is 2. The molecule has 0 fully saturated rings. The van der Waals surface area contributed by atoms with Crippen LogP contribution < -0.4 is 0 Å². The molecule has 1 aromatic heterocycles. The lowest BCUT2D eigenvalue weighted by Crippen LogP contribution is -2.42. The smallest absolute Gasteiger partial charge is 0.254 e. The van der Waals surface area contributed by atoms with Crippen molar-refractivity contribution in [2.24, 2.45) is 0 Å². The Hall–Kier alpha value is -3.74. The summed E-state index contributed by atoms with van der Waals surface area (Å²) in [7, 11) is 0. The molecule has 7 heteroatoms. The lowest BCUT2D eigenvalue weighted by molar-refractivity contribution is -0.133. The highest BCUT2D eigenvalue weighted by molar-refractivity contribution is 5.96. The maximum absolute atomic E-state index is 13.6. The van der Waals surface area contributed by atoms with Crippen molar-refractivity contribution < 1.29 is 22.8 Å². The van der Waals surface area contributed by atoms with Gasteiger partial charge in [0.2, 0.25) is 5.91 Å². The minimum atomic E-state index is -0.535. The molecule has 0 spiro atoms. The van der Waals surface area contributed by atoms with Gasteiger partial charge in [0.25, 0.3) is 5.91 Å². The van der Waals surface area contributed by atoms with Crippen LogP contribution in [0.4, 0.5) is 8.78 Å². The predicted octanol–water partition coefficient (Wildman–Crippen LogP) is 4.72. The third kappa shape index (κ3) is 6.14. The summed E-state index contributed by atoms with van der Waals surface area (Å²) in [6.45, 7) is 5.72. The van der Waals surface area contributed by atoms with E-state index in [4.69, 9.17) is 4.42 Å². The van der Waals surface area contributed by atoms with E-state index in [-0.39, 0.29) is 43.5 Å². The second-order valence-corrected chi connectivity index (χ2v) is 7.37. The summed E-state index contributed by atoms with van der Waals surface area (Å²) in [5, 5.41) is 0. The van der Waals surface area contributed by atoms with E-state index in [2.05, 4.69) is 6.58 Å². The monoisotopic (exact) mass is 438 g/mol. The van der Waals surface area contributed by atoms with Crippen LogP contribution in [0.15, 0.2) is 77.7 Å². The second-order valence-electron chi connectivity index (χ2n) is 7.37. The maximum atomic E-state index is 13.6. The molecule has 0 atom stereocenters. The molecule has 166 valence electrons. The Bertz CT molecular complexity index is 1090. The van der Waals surface area contributed by atoms with Crippen LogP contribution >= 0.6 is 0 Å². The number of amides is 2. The number of furan rings is 1. The first kappa shape index (κ1) is 22.9. The van der Waals surface area contributed by atoms with Crippen molar-refractivity contribution >= 4 is 11.8 Å². The van der Waals surface area contributed by atoms with E-state index in [9.17, 15) is 18.4 Å². The van der Waals surface area contributed by atoms with Gasteiger partial charge in [-0.15, -0.1) is 6.58 Å². The van der Waals surface area contributed by atoms with Crippen LogP contribution in [0.1, 0.15) is 27.4 Å². The Labute approximate surface area is 185 Å². The van der Waals surface area contributed by atoms with Gasteiger partial charge in [-0.2, -0.15) is 0 Å². The van der Waals surface area contributed by atoms with E-state index in [1.807, 2.05) is 0 Å². The molecular formula is C25H24F2N2O3. The minimum absolute atomic E-state index is 0.116. The van der Waals surface area contributed by atoms with Crippen LogP contribution in [0.5, 0.6) is 0 Å². The van der Waals surface area contributed by atoms with Gasteiger partial charge in [0, 0.05) is 18.7 Å². The van der Waals surface area contributed by atoms with E-state index in [0.29, 0.717) is 11.5 Å². The van der Waals surface area contributed by atoms with Crippen molar-refractivity contribution in [2.45, 2.75) is 20.0 Å². The minimum Gasteiger partial charge on any atom is -0.464 e. The maximum Gasteiger partial charge on any atom is 0.254 e. The molecule has 32 heavy (non-hydrogen) atoms. The highest BCUT2D eigenvalue weighted by Gasteiger charge is 2.23. The van der Waals surface area contributed by atoms with Gasteiger partial charge >= 0.3 is 0 Å². The zero-order valence-corrected chi connectivity index (χ0v) is 17.8. The van der Waals surface area contributed by atoms with Gasteiger partial charge in [-0.1, -0.05) is 24.3 Å². The first-order valence-electron chi connectivity index (χ1n) is 10.1. The highest BCUT2D eigenvalue weighted by Crippen LogP contribution is 2.15. The topological polar surface area (TPSA) is 53.8 Å². The molecule has 0 saturated carbocycles. The lowest BCUT2D eigenvalue weighted by atomic mass is 10.1. The average molecular weight is 438 g/mol. The van der Waals surface area contributed by atoms with Crippen molar-refractivity contribution in [3.05, 3.63) is 108 Å². The summed E-state index contributed by atoms with van der Waals surface area (Å²) in [6.07, 6.45) is 1.50. The molecule has 3 aromatic rings. The largest absolute Gasteiger partial charge is 0.464 e. The molecule has 0 aliphatic carbocycles. The van der Waals surface area contributed by atoms with Crippen molar-refractivity contribution in [3.8, 4) is 0 Å². The Morgan fingerprint density at radius 1 is 0.969 bits per heavy atom. The van der Waals surface area contributed by atoms with Crippen LogP contribution in [0.2, 0.25) is 0 Å². The number of nitrogens with zero attached hydrogens (tertiary/aromatic N) is 2. The van der Waals surface area contributed by atoms with Gasteiger partial charge in [-0.05, 0) is 55.0 Å². The number of rotatable bonds is 9. The molecule has 0 aliphatic heterocycles. The van der Waals surface area contributed by atoms with Crippen LogP contribution in [0.3, 0.4) is 0 Å². The summed E-state index contributed by atoms with van der Waals surface area (Å²) in [5.41, 5.74) is 0.876. The van der Waals surface area contributed by atoms with Crippen molar-refractivity contribution in [1.29, 1.82) is 0 Å². The van der Waals surface area contributed by atoms with Gasteiger partial charge in [-0.25, -0.2) is 8.78 Å². The molecule has 0 N–H and O–H groups in total. The molecule has 0 radical (unpaired) electrons. The summed E-state index contributed by atoms with van der Waals surface area (Å²) in [4.78, 5) is 28.9. The Morgan fingerprint density at radius 3 is 2.34 bits per heavy atom. The van der Waals surface area contributed by atoms with Crippen molar-refractivity contribution in [3.63, 3.8) is 0 Å². The molecule has 5 nitrogen and oxygen atoms in total. The van der Waals surface area contributed by atoms with Crippen LogP contribution in [-0.2, 0) is 17.9 Å². The molecule has 0 bridgehead atoms. The highest BCUT2D eigenvalue weighted by atomic mass is 19.1. The number of hydrogen-bond donors (Lipinski definition) is 0. The standard InChI is InChI=1S/C25H24F2N2O3/c1-3-13-28(25(31)20-5-4-6-22(27)14-20)17-24(30)29(16-23-12-7-18(2)32-23)15-19-8-10-21(26)11-9-19/h3-12,14H,1,13,15-17H2,2H3. The normalized spacial score (nSPS) is 10.6. The average Bonchev–Trinajstić information content (AvgIpc) is 3.18. The second kappa shape index (κ2) is 10.5. The van der Waals surface area contributed by atoms with Gasteiger partial charge in [-0.3, -0.25) is 9.59 Å². The third-order valence-electron chi connectivity index (χ3n) is 4.82. The van der Waals surface area contributed by atoms with Gasteiger partial charge in [0.05, 0.1) is 6.54 Å². The fourth-order valence-corrected chi connectivity index (χ4v) is 3.24. The van der Waals surface area contributed by atoms with Crippen LogP contribution in [0.25, 0.3) is 0 Å². The predicted molar refractivity (Wildman–Crippen MR) is 117 cm³/mol. The van der Waals surface area contributed by atoms with Gasteiger partial charge in [0.15, 0.2) is 0 Å². The molecule has 1 heterocycles. The number of aryl methyl sites for hydroxylation is 1. The van der Waals surface area contributed by atoms with Crippen LogP contribution in [0, 0.1) is 18.6 Å². The van der Waals surface area contributed by atoms with Crippen molar-refractivity contribution in [1.82, 2.24) is 9.80 Å². The number of benzene rings is 2. The Kier molecular flexibility index (Phi) is 7.54. The number of carbonyl (C=O) groups excluding carboxylic acids is 2. The first-order chi connectivity index (χ1) is 15.4. The van der Waals surface area contributed by atoms with Gasteiger partial charge in [0.1, 0.15) is 29.7 Å². The zero-order chi connectivity index (χ0) is 23.1. The summed E-state index contributed by atoms with van der Waals surface area (Å²) in [5.74, 6) is -0.422. The number of hydrogen-bond acceptors (Lipinski definition) is 3. The fourth-order valence-electron chi connectivity index (χ4n) is 3.24. The van der Waals surface area contributed by atoms with E-state index in [1.54, 1.807) is 31.2 Å². The SMILES string of the molecule is C=CCN(CC(=O)N(Cc1ccc(F)cc1)Cc1ccc(C)o1)C(=O)c1cccc(F)c1. The van der Waals surface area contributed by atoms with E-state index >= 15 is 0 Å². The Balaban J connectivity index is 1.81. The number of halogens is 2. The molecule has 0 unspecified atom stereocenters. The lowest BCUT2D eigenvalue weighted by Gasteiger charge is -2.27. The van der Waals surface area contributed by atoms with Crippen LogP contribution in [-0.4, -0.2) is 34.7 Å². The summed E-state index contributed by atoms with van der Waals surface area (Å²) < 4.78 is 32.5. The molecule has 2 amide bonds. The summed E-state index contributed by atoms with van der Waals surface area (Å²) in [6, 6.07) is 14.7. The Morgan fingerprint density at radius 2 is 1.72 bits per heavy atom. The third-order valence-corrected chi connectivity index (χ3v) is 4.82. The van der Waals surface area contributed by atoms with E-state index in [0.717, 1.165) is 11.6 Å². The van der Waals surface area contributed by atoms with E-state index < -0.39 is 11.7 Å². The van der Waals surface area contributed by atoms with Gasteiger partial charge < -0.3 is 14.2 Å². The summed E-state index contributed by atoms with van der Waals surface area (Å²) >= 11 is 0. The molecule has 0 saturated heterocycles. The molecule has 3 rings (SSSR count). The molecular weight excluding hydrogens is 414 g/mol. The van der Waals surface area contributed by atoms with E-state index in [1.165, 1.54) is 46.2 Å². The fraction of sp³-hybridized carbons (Fsp3) is 0.200. The zero-order valence-electron chi connectivity index (χ0n) is 17.8. The molecule has 2 aromatic carbocycles.